The summed E-state index contributed by atoms with van der Waals surface area (Å²) in [4.78, 5) is 0. The van der Waals surface area contributed by atoms with Gasteiger partial charge in [0.05, 0.1) is 12.6 Å². The maximum atomic E-state index is 5.50. The molecule has 19 heavy (non-hydrogen) atoms. The summed E-state index contributed by atoms with van der Waals surface area (Å²) in [7, 11) is 0. The standard InChI is InChI=1S/C15H34N4/c1-15(2)19-12-9-18(10-13-19,11-14-19)8-4-7-17-6-3-5-16/h15,17H,3-14,16H2,1-2H3/q+2. The predicted molar refractivity (Wildman–Crippen MR) is 80.9 cm³/mol. The first-order valence-corrected chi connectivity index (χ1v) is 8.24. The highest BCUT2D eigenvalue weighted by Crippen LogP contribution is 2.29. The second-order valence-electron chi connectivity index (χ2n) is 6.96. The van der Waals surface area contributed by atoms with Crippen molar-refractivity contribution < 1.29 is 8.97 Å². The molecule has 0 saturated carbocycles. The van der Waals surface area contributed by atoms with Gasteiger partial charge in [0.25, 0.3) is 0 Å². The first-order valence-electron chi connectivity index (χ1n) is 8.24. The molecule has 3 aliphatic heterocycles. The van der Waals surface area contributed by atoms with Gasteiger partial charge in [0.2, 0.25) is 0 Å². The van der Waals surface area contributed by atoms with E-state index in [1.807, 2.05) is 0 Å². The largest absolute Gasteiger partial charge is 0.330 e. The molecule has 0 unspecified atom stereocenters. The van der Waals surface area contributed by atoms with Crippen LogP contribution in [0.5, 0.6) is 0 Å². The smallest absolute Gasteiger partial charge is 0.129 e. The summed E-state index contributed by atoms with van der Waals surface area (Å²) in [6.45, 7) is 17.8. The van der Waals surface area contributed by atoms with E-state index in [0.717, 1.165) is 25.6 Å². The highest BCUT2D eigenvalue weighted by atomic mass is 15.5. The van der Waals surface area contributed by atoms with Gasteiger partial charge in [0.1, 0.15) is 39.3 Å². The molecule has 3 saturated heterocycles. The Morgan fingerprint density at radius 1 is 0.947 bits per heavy atom. The lowest BCUT2D eigenvalue weighted by molar-refractivity contribution is -1.09. The van der Waals surface area contributed by atoms with Gasteiger partial charge >= 0.3 is 0 Å². The zero-order valence-corrected chi connectivity index (χ0v) is 13.0. The van der Waals surface area contributed by atoms with Gasteiger partial charge in [-0.2, -0.15) is 0 Å². The van der Waals surface area contributed by atoms with E-state index in [2.05, 4.69) is 19.2 Å². The second-order valence-corrected chi connectivity index (χ2v) is 6.96. The number of nitrogens with zero attached hydrogens (tertiary/aromatic N) is 2. The van der Waals surface area contributed by atoms with Gasteiger partial charge in [0, 0.05) is 13.0 Å². The van der Waals surface area contributed by atoms with Crippen LogP contribution in [0, 0.1) is 0 Å². The first kappa shape index (κ1) is 15.2. The lowest BCUT2D eigenvalue weighted by atomic mass is 10.0. The number of nitrogens with two attached hydrogens (primary N) is 1. The predicted octanol–water partition coefficient (Wildman–Crippen LogP) is 0.384. The third-order valence-electron chi connectivity index (χ3n) is 5.70. The van der Waals surface area contributed by atoms with Crippen LogP contribution in [-0.2, 0) is 0 Å². The summed E-state index contributed by atoms with van der Waals surface area (Å²) in [5.74, 6) is 0. The molecule has 3 rings (SSSR count). The van der Waals surface area contributed by atoms with Crippen molar-refractivity contribution >= 4 is 0 Å². The number of nitrogens with one attached hydrogen (secondary N) is 1. The minimum absolute atomic E-state index is 0.808. The third-order valence-corrected chi connectivity index (χ3v) is 5.70. The zero-order valence-electron chi connectivity index (χ0n) is 13.0. The summed E-state index contributed by atoms with van der Waals surface area (Å²) in [6.07, 6.45) is 2.43. The molecule has 0 aromatic rings. The van der Waals surface area contributed by atoms with Crippen molar-refractivity contribution in [2.45, 2.75) is 32.7 Å². The molecule has 0 aromatic heterocycles. The van der Waals surface area contributed by atoms with Crippen LogP contribution in [0.25, 0.3) is 0 Å². The van der Waals surface area contributed by atoms with Gasteiger partial charge in [-0.25, -0.2) is 0 Å². The number of quaternary nitrogens is 2. The molecule has 3 N–H and O–H groups in total. The third kappa shape index (κ3) is 3.48. The average Bonchev–Trinajstić information content (AvgIpc) is 2.44. The second kappa shape index (κ2) is 6.53. The van der Waals surface area contributed by atoms with Gasteiger partial charge in [-0.1, -0.05) is 0 Å². The molecule has 0 aliphatic carbocycles. The fourth-order valence-electron chi connectivity index (χ4n) is 3.91. The Kier molecular flexibility index (Phi) is 5.23. The Bertz CT molecular complexity index is 253. The molecule has 0 radical (unpaired) electrons. The van der Waals surface area contributed by atoms with Crippen molar-refractivity contribution in [1.82, 2.24) is 5.32 Å². The van der Waals surface area contributed by atoms with Gasteiger partial charge in [-0.05, 0) is 33.4 Å². The van der Waals surface area contributed by atoms with Crippen LogP contribution in [0.2, 0.25) is 0 Å². The highest BCUT2D eigenvalue weighted by molar-refractivity contribution is 4.64. The number of hydrogen-bond donors (Lipinski definition) is 2. The van der Waals surface area contributed by atoms with Gasteiger partial charge in [0.15, 0.2) is 0 Å². The van der Waals surface area contributed by atoms with Crippen molar-refractivity contribution in [2.75, 3.05) is 65.4 Å². The van der Waals surface area contributed by atoms with Crippen molar-refractivity contribution in [2.24, 2.45) is 5.73 Å². The molecule has 112 valence electrons. The fraction of sp³-hybridized carbons (Fsp3) is 1.00. The van der Waals surface area contributed by atoms with Crippen molar-refractivity contribution in [3.05, 3.63) is 0 Å². The number of piperazine rings is 3. The number of rotatable bonds is 8. The van der Waals surface area contributed by atoms with E-state index < -0.39 is 0 Å². The summed E-state index contributed by atoms with van der Waals surface area (Å²) in [6, 6.07) is 0.820. The minimum Gasteiger partial charge on any atom is -0.330 e. The Morgan fingerprint density at radius 2 is 1.53 bits per heavy atom. The molecule has 0 aromatic carbocycles. The van der Waals surface area contributed by atoms with E-state index in [9.17, 15) is 0 Å². The van der Waals surface area contributed by atoms with Crippen LogP contribution in [0.1, 0.15) is 26.7 Å². The molecule has 4 heteroatoms. The highest BCUT2D eigenvalue weighted by Gasteiger charge is 2.49. The lowest BCUT2D eigenvalue weighted by Crippen LogP contribution is -2.76. The molecule has 0 atom stereocenters. The first-order chi connectivity index (χ1) is 9.13. The number of fused-ring (bicyclic) bond motifs is 3. The van der Waals surface area contributed by atoms with Crippen LogP contribution in [0.15, 0.2) is 0 Å². The van der Waals surface area contributed by atoms with Crippen LogP contribution < -0.4 is 11.1 Å². The van der Waals surface area contributed by atoms with E-state index in [-0.39, 0.29) is 0 Å². The minimum atomic E-state index is 0.808. The topological polar surface area (TPSA) is 38.0 Å². The van der Waals surface area contributed by atoms with Gasteiger partial charge < -0.3 is 20.0 Å². The van der Waals surface area contributed by atoms with Crippen molar-refractivity contribution in [1.29, 1.82) is 0 Å². The van der Waals surface area contributed by atoms with E-state index >= 15 is 0 Å². The maximum absolute atomic E-state index is 5.50. The molecule has 2 bridgehead atoms. The summed E-state index contributed by atoms with van der Waals surface area (Å²) < 4.78 is 2.81. The molecule has 4 nitrogen and oxygen atoms in total. The Morgan fingerprint density at radius 3 is 2.05 bits per heavy atom. The lowest BCUT2D eigenvalue weighted by Gasteiger charge is -2.57. The van der Waals surface area contributed by atoms with Crippen LogP contribution in [0.3, 0.4) is 0 Å². The fourth-order valence-corrected chi connectivity index (χ4v) is 3.91. The Balaban J connectivity index is 1.69. The van der Waals surface area contributed by atoms with Crippen molar-refractivity contribution in [3.8, 4) is 0 Å². The van der Waals surface area contributed by atoms with Crippen molar-refractivity contribution in [3.63, 3.8) is 0 Å². The number of hydrogen-bond acceptors (Lipinski definition) is 2. The van der Waals surface area contributed by atoms with E-state index in [1.54, 1.807) is 0 Å². The zero-order chi connectivity index (χ0) is 13.8. The SMILES string of the molecule is CC(C)[N+]12CC[N+](CCCNCCCN)(CC1)CC2. The Labute approximate surface area is 119 Å². The molecular weight excluding hydrogens is 236 g/mol. The van der Waals surface area contributed by atoms with E-state index in [1.165, 1.54) is 67.7 Å². The molecule has 0 spiro atoms. The van der Waals surface area contributed by atoms with Crippen LogP contribution >= 0.6 is 0 Å². The average molecular weight is 270 g/mol. The van der Waals surface area contributed by atoms with Crippen LogP contribution in [0.4, 0.5) is 0 Å². The van der Waals surface area contributed by atoms with Gasteiger partial charge in [-0.15, -0.1) is 0 Å². The monoisotopic (exact) mass is 270 g/mol. The summed E-state index contributed by atoms with van der Waals surface area (Å²) >= 11 is 0. The maximum Gasteiger partial charge on any atom is 0.129 e. The molecule has 3 aliphatic rings. The Hall–Kier alpha value is -0.160. The van der Waals surface area contributed by atoms with Crippen LogP contribution in [-0.4, -0.2) is 80.5 Å². The molecule has 0 amide bonds. The molecule has 3 fully saturated rings. The van der Waals surface area contributed by atoms with E-state index in [0.29, 0.717) is 0 Å². The summed E-state index contributed by atoms with van der Waals surface area (Å²) in [5, 5.41) is 3.51. The quantitative estimate of drug-likeness (QED) is 0.494. The molecule has 3 heterocycles. The molecular formula is C15H34N4+2. The van der Waals surface area contributed by atoms with Gasteiger partial charge in [-0.3, -0.25) is 0 Å². The normalized spacial score (nSPS) is 34.1. The summed E-state index contributed by atoms with van der Waals surface area (Å²) in [5.41, 5.74) is 5.50. The van der Waals surface area contributed by atoms with E-state index in [4.69, 9.17) is 5.73 Å².